The first-order chi connectivity index (χ1) is 9.72. The first-order valence-corrected chi connectivity index (χ1v) is 7.51. The van der Waals surface area contributed by atoms with Gasteiger partial charge in [0.15, 0.2) is 5.82 Å². The minimum atomic E-state index is -0.340. The first kappa shape index (κ1) is 13.3. The van der Waals surface area contributed by atoms with Gasteiger partial charge in [-0.3, -0.25) is 0 Å². The van der Waals surface area contributed by atoms with Crippen LogP contribution in [-0.2, 0) is 6.54 Å². The van der Waals surface area contributed by atoms with Gasteiger partial charge in [0.1, 0.15) is 18.3 Å². The van der Waals surface area contributed by atoms with Crippen LogP contribution in [-0.4, -0.2) is 14.8 Å². The lowest BCUT2D eigenvalue weighted by molar-refractivity contribution is 0.611. The number of hydrogen-bond donors (Lipinski definition) is 1. The van der Waals surface area contributed by atoms with E-state index in [0.29, 0.717) is 12.2 Å². The van der Waals surface area contributed by atoms with E-state index in [-0.39, 0.29) is 5.82 Å². The zero-order chi connectivity index (χ0) is 13.9. The second-order valence-corrected chi connectivity index (χ2v) is 6.00. The van der Waals surface area contributed by atoms with E-state index in [1.54, 1.807) is 17.4 Å². The fraction of sp³-hybridized carbons (Fsp3) is 0.0769. The Labute approximate surface area is 127 Å². The molecule has 0 spiro atoms. The molecule has 0 atom stereocenters. The summed E-state index contributed by atoms with van der Waals surface area (Å²) in [6.45, 7) is 0.665. The smallest absolute Gasteiger partial charge is 0.150 e. The van der Waals surface area contributed by atoms with Crippen molar-refractivity contribution in [3.63, 3.8) is 0 Å². The van der Waals surface area contributed by atoms with Crippen LogP contribution in [0, 0.1) is 5.82 Å². The van der Waals surface area contributed by atoms with E-state index in [1.165, 1.54) is 28.3 Å². The van der Waals surface area contributed by atoms with Crippen LogP contribution in [0.5, 0.6) is 0 Å². The molecule has 0 fully saturated rings. The molecule has 2 heterocycles. The minimum Gasteiger partial charge on any atom is -0.380 e. The van der Waals surface area contributed by atoms with Gasteiger partial charge in [0, 0.05) is 27.0 Å². The highest BCUT2D eigenvalue weighted by molar-refractivity contribution is 9.10. The van der Waals surface area contributed by atoms with Crippen LogP contribution in [0.25, 0.3) is 5.69 Å². The molecule has 102 valence electrons. The maximum absolute atomic E-state index is 14.0. The van der Waals surface area contributed by atoms with E-state index >= 15 is 0 Å². The largest absolute Gasteiger partial charge is 0.380 e. The Balaban J connectivity index is 1.74. The van der Waals surface area contributed by atoms with Gasteiger partial charge in [-0.2, -0.15) is 5.10 Å². The lowest BCUT2D eigenvalue weighted by Gasteiger charge is -2.07. The fourth-order valence-corrected chi connectivity index (χ4v) is 3.16. The van der Waals surface area contributed by atoms with E-state index in [4.69, 9.17) is 0 Å². The Morgan fingerprint density at radius 1 is 1.35 bits per heavy atom. The molecule has 0 amide bonds. The van der Waals surface area contributed by atoms with Gasteiger partial charge in [0.05, 0.1) is 0 Å². The zero-order valence-corrected chi connectivity index (χ0v) is 12.7. The molecule has 3 aromatic rings. The van der Waals surface area contributed by atoms with Gasteiger partial charge in [-0.05, 0) is 40.2 Å². The summed E-state index contributed by atoms with van der Waals surface area (Å²) < 4.78 is 16.5. The van der Waals surface area contributed by atoms with Crippen molar-refractivity contribution in [1.29, 1.82) is 0 Å². The molecule has 0 saturated heterocycles. The molecule has 1 aromatic carbocycles. The highest BCUT2D eigenvalue weighted by atomic mass is 79.9. The number of hydrogen-bond acceptors (Lipinski definition) is 4. The number of thiophene rings is 1. The van der Waals surface area contributed by atoms with Crippen LogP contribution in [0.1, 0.15) is 4.88 Å². The highest BCUT2D eigenvalue weighted by Gasteiger charge is 2.06. The molecule has 4 nitrogen and oxygen atoms in total. The summed E-state index contributed by atoms with van der Waals surface area (Å²) >= 11 is 5.06. The highest BCUT2D eigenvalue weighted by Crippen LogP contribution is 2.22. The summed E-state index contributed by atoms with van der Waals surface area (Å²) in [6.07, 6.45) is 2.84. The molecule has 3 rings (SSSR count). The monoisotopic (exact) mass is 352 g/mol. The number of nitrogens with one attached hydrogen (secondary N) is 1. The lowest BCUT2D eigenvalue weighted by Crippen LogP contribution is -2.01. The number of benzene rings is 1. The van der Waals surface area contributed by atoms with Crippen molar-refractivity contribution in [3.8, 4) is 5.69 Å². The normalized spacial score (nSPS) is 10.7. The summed E-state index contributed by atoms with van der Waals surface area (Å²) in [5, 5.41) is 9.13. The van der Waals surface area contributed by atoms with Gasteiger partial charge >= 0.3 is 0 Å². The van der Waals surface area contributed by atoms with Gasteiger partial charge < -0.3 is 5.32 Å². The van der Waals surface area contributed by atoms with Gasteiger partial charge in [-0.15, -0.1) is 11.3 Å². The second kappa shape index (κ2) is 5.72. The van der Waals surface area contributed by atoms with Gasteiger partial charge in [-0.25, -0.2) is 14.1 Å². The summed E-state index contributed by atoms with van der Waals surface area (Å²) in [4.78, 5) is 4.99. The van der Waals surface area contributed by atoms with Crippen LogP contribution in [0.4, 0.5) is 10.1 Å². The van der Waals surface area contributed by atoms with Crippen LogP contribution >= 0.6 is 27.3 Å². The Bertz CT molecular complexity index is 711. The van der Waals surface area contributed by atoms with Crippen molar-refractivity contribution >= 4 is 33.0 Å². The molecular formula is C13H10BrFN4S. The second-order valence-electron chi connectivity index (χ2n) is 4.09. The summed E-state index contributed by atoms with van der Waals surface area (Å²) in [5.41, 5.74) is 1.11. The zero-order valence-electron chi connectivity index (χ0n) is 10.3. The van der Waals surface area contributed by atoms with E-state index < -0.39 is 0 Å². The first-order valence-electron chi connectivity index (χ1n) is 5.84. The van der Waals surface area contributed by atoms with E-state index in [2.05, 4.69) is 31.3 Å². The van der Waals surface area contributed by atoms with Crippen LogP contribution in [0.2, 0.25) is 0 Å². The molecule has 0 aliphatic heterocycles. The standard InChI is InChI=1S/C13H10BrFN4S/c14-9-3-11(20-6-9)5-17-10-1-2-13(12(15)4-10)19-8-16-7-18-19/h1-4,6-8,17H,5H2. The van der Waals surface area contributed by atoms with E-state index in [0.717, 1.165) is 10.2 Å². The molecular weight excluding hydrogens is 343 g/mol. The summed E-state index contributed by atoms with van der Waals surface area (Å²) in [6, 6.07) is 7.00. The molecule has 1 N–H and O–H groups in total. The van der Waals surface area contributed by atoms with Crippen molar-refractivity contribution in [2.24, 2.45) is 0 Å². The Hall–Kier alpha value is -1.73. The van der Waals surface area contributed by atoms with Crippen LogP contribution < -0.4 is 5.32 Å². The minimum absolute atomic E-state index is 0.340. The molecule has 0 bridgehead atoms. The molecule has 0 aliphatic carbocycles. The number of rotatable bonds is 4. The maximum Gasteiger partial charge on any atom is 0.150 e. The topological polar surface area (TPSA) is 42.7 Å². The lowest BCUT2D eigenvalue weighted by atomic mass is 10.2. The summed E-state index contributed by atoms with van der Waals surface area (Å²) in [5.74, 6) is -0.340. The van der Waals surface area contributed by atoms with Crippen molar-refractivity contribution in [1.82, 2.24) is 14.8 Å². The van der Waals surface area contributed by atoms with Crippen LogP contribution in [0.3, 0.4) is 0 Å². The van der Waals surface area contributed by atoms with Crippen LogP contribution in [0.15, 0.2) is 46.8 Å². The molecule has 2 aromatic heterocycles. The molecule has 20 heavy (non-hydrogen) atoms. The predicted molar refractivity (Wildman–Crippen MR) is 80.7 cm³/mol. The van der Waals surface area contributed by atoms with E-state index in [1.807, 2.05) is 17.5 Å². The van der Waals surface area contributed by atoms with Crippen molar-refractivity contribution < 1.29 is 4.39 Å². The molecule has 7 heteroatoms. The van der Waals surface area contributed by atoms with Gasteiger partial charge in [-0.1, -0.05) is 0 Å². The number of aromatic nitrogens is 3. The third-order valence-electron chi connectivity index (χ3n) is 2.70. The van der Waals surface area contributed by atoms with Crippen molar-refractivity contribution in [3.05, 3.63) is 57.5 Å². The Morgan fingerprint density at radius 2 is 2.25 bits per heavy atom. The fourth-order valence-electron chi connectivity index (χ4n) is 1.77. The SMILES string of the molecule is Fc1cc(NCc2cc(Br)cs2)ccc1-n1cncn1. The maximum atomic E-state index is 14.0. The molecule has 0 radical (unpaired) electrons. The number of nitrogens with zero attached hydrogens (tertiary/aromatic N) is 3. The third-order valence-corrected chi connectivity index (χ3v) is 4.40. The molecule has 0 unspecified atom stereocenters. The van der Waals surface area contributed by atoms with E-state index in [9.17, 15) is 4.39 Å². The number of halogens is 2. The summed E-state index contributed by atoms with van der Waals surface area (Å²) in [7, 11) is 0. The van der Waals surface area contributed by atoms with Gasteiger partial charge in [0.25, 0.3) is 0 Å². The molecule has 0 saturated carbocycles. The van der Waals surface area contributed by atoms with Crippen molar-refractivity contribution in [2.75, 3.05) is 5.32 Å². The van der Waals surface area contributed by atoms with Gasteiger partial charge in [0.2, 0.25) is 0 Å². The quantitative estimate of drug-likeness (QED) is 0.775. The average Bonchev–Trinajstić information content (AvgIpc) is 3.08. The molecule has 0 aliphatic rings. The Kier molecular flexibility index (Phi) is 3.79. The predicted octanol–water partition coefficient (Wildman–Crippen LogP) is 3.84. The average molecular weight is 353 g/mol. The third kappa shape index (κ3) is 2.88. The Morgan fingerprint density at radius 3 is 2.90 bits per heavy atom. The number of anilines is 1. The van der Waals surface area contributed by atoms with Crippen molar-refractivity contribution in [2.45, 2.75) is 6.54 Å².